The molecule has 0 heterocycles. The average molecular weight is 276 g/mol. The van der Waals surface area contributed by atoms with Crippen LogP contribution in [-0.4, -0.2) is 38.4 Å². The number of ether oxygens (including phenoxy) is 1. The van der Waals surface area contributed by atoms with E-state index in [0.29, 0.717) is 6.54 Å². The fourth-order valence-corrected chi connectivity index (χ4v) is 1.56. The zero-order chi connectivity index (χ0) is 14.3. The summed E-state index contributed by atoms with van der Waals surface area (Å²) in [7, 11) is 4.03. The van der Waals surface area contributed by atoms with E-state index in [0.717, 1.165) is 25.1 Å². The number of hydrogen-bond donors (Lipinski definition) is 1. The highest BCUT2D eigenvalue weighted by atomic mass is 19.4. The monoisotopic (exact) mass is 276 g/mol. The van der Waals surface area contributed by atoms with Crippen molar-refractivity contribution in [2.24, 2.45) is 0 Å². The molecule has 1 N–H and O–H groups in total. The molecule has 0 fully saturated rings. The molecule has 0 aliphatic carbocycles. The smallest absolute Gasteiger partial charge is 0.406 e. The maximum atomic E-state index is 12.0. The zero-order valence-electron chi connectivity index (χ0n) is 11.1. The van der Waals surface area contributed by atoms with E-state index in [4.69, 9.17) is 0 Å². The predicted octanol–water partition coefficient (Wildman–Crippen LogP) is 2.63. The lowest BCUT2D eigenvalue weighted by Gasteiger charge is -2.11. The first-order valence-corrected chi connectivity index (χ1v) is 6.07. The summed E-state index contributed by atoms with van der Waals surface area (Å²) in [6.45, 7) is 2.52. The molecule has 0 amide bonds. The van der Waals surface area contributed by atoms with Crippen molar-refractivity contribution < 1.29 is 17.9 Å². The highest BCUT2D eigenvalue weighted by Crippen LogP contribution is 2.22. The summed E-state index contributed by atoms with van der Waals surface area (Å²) in [6, 6.07) is 5.90. The molecule has 0 saturated carbocycles. The minimum absolute atomic E-state index is 0.191. The van der Waals surface area contributed by atoms with Crippen molar-refractivity contribution in [3.8, 4) is 5.75 Å². The minimum atomic E-state index is -4.63. The quantitative estimate of drug-likeness (QED) is 0.775. The van der Waals surface area contributed by atoms with Gasteiger partial charge in [-0.15, -0.1) is 13.2 Å². The summed E-state index contributed by atoms with van der Waals surface area (Å²) < 4.78 is 39.7. The molecule has 0 aliphatic rings. The van der Waals surface area contributed by atoms with Crippen LogP contribution >= 0.6 is 0 Å². The molecule has 0 saturated heterocycles. The van der Waals surface area contributed by atoms with Gasteiger partial charge in [-0.3, -0.25) is 0 Å². The van der Waals surface area contributed by atoms with Gasteiger partial charge in [-0.2, -0.15) is 0 Å². The summed E-state index contributed by atoms with van der Waals surface area (Å²) in [4.78, 5) is 2.10. The van der Waals surface area contributed by atoms with Crippen molar-refractivity contribution in [2.45, 2.75) is 19.3 Å². The van der Waals surface area contributed by atoms with E-state index in [2.05, 4.69) is 15.0 Å². The Balaban J connectivity index is 2.28. The second-order valence-corrected chi connectivity index (χ2v) is 4.53. The summed E-state index contributed by atoms with van der Waals surface area (Å²) >= 11 is 0. The second kappa shape index (κ2) is 7.35. The molecule has 0 atom stereocenters. The summed E-state index contributed by atoms with van der Waals surface area (Å²) in [5, 5.41) is 3.24. The largest absolute Gasteiger partial charge is 0.573 e. The van der Waals surface area contributed by atoms with Crippen LogP contribution < -0.4 is 10.1 Å². The molecule has 3 nitrogen and oxygen atoms in total. The number of alkyl halides is 3. The van der Waals surface area contributed by atoms with Crippen LogP contribution in [0.3, 0.4) is 0 Å². The normalized spacial score (nSPS) is 11.9. The zero-order valence-corrected chi connectivity index (χ0v) is 11.1. The fraction of sp³-hybridized carbons (Fsp3) is 0.538. The molecule has 6 heteroatoms. The van der Waals surface area contributed by atoms with Gasteiger partial charge in [0.15, 0.2) is 0 Å². The van der Waals surface area contributed by atoms with E-state index < -0.39 is 6.36 Å². The van der Waals surface area contributed by atoms with Crippen LogP contribution in [0.1, 0.15) is 12.0 Å². The lowest BCUT2D eigenvalue weighted by molar-refractivity contribution is -0.274. The van der Waals surface area contributed by atoms with Gasteiger partial charge in [0, 0.05) is 6.54 Å². The van der Waals surface area contributed by atoms with Gasteiger partial charge >= 0.3 is 6.36 Å². The first-order valence-electron chi connectivity index (χ1n) is 6.07. The Morgan fingerprint density at radius 2 is 1.79 bits per heavy atom. The molecule has 1 rings (SSSR count). The van der Waals surface area contributed by atoms with Crippen molar-refractivity contribution in [2.75, 3.05) is 27.2 Å². The summed E-state index contributed by atoms with van der Waals surface area (Å²) in [5.74, 6) is -0.191. The molecule has 108 valence electrons. The highest BCUT2D eigenvalue weighted by molar-refractivity contribution is 5.27. The van der Waals surface area contributed by atoms with Gasteiger partial charge in [0.25, 0.3) is 0 Å². The third kappa shape index (κ3) is 7.69. The third-order valence-corrected chi connectivity index (χ3v) is 2.44. The van der Waals surface area contributed by atoms with Crippen LogP contribution in [-0.2, 0) is 6.54 Å². The van der Waals surface area contributed by atoms with E-state index in [-0.39, 0.29) is 5.75 Å². The Hall–Kier alpha value is -1.27. The fourth-order valence-electron chi connectivity index (χ4n) is 1.56. The van der Waals surface area contributed by atoms with Gasteiger partial charge in [0.05, 0.1) is 0 Å². The highest BCUT2D eigenvalue weighted by Gasteiger charge is 2.30. The van der Waals surface area contributed by atoms with Crippen LogP contribution in [0, 0.1) is 0 Å². The maximum Gasteiger partial charge on any atom is 0.573 e. The van der Waals surface area contributed by atoms with E-state index >= 15 is 0 Å². The number of nitrogens with one attached hydrogen (secondary N) is 1. The van der Waals surface area contributed by atoms with Crippen LogP contribution in [0.5, 0.6) is 5.75 Å². The van der Waals surface area contributed by atoms with E-state index in [9.17, 15) is 13.2 Å². The third-order valence-electron chi connectivity index (χ3n) is 2.44. The number of halogens is 3. The molecule has 0 spiro atoms. The molecular weight excluding hydrogens is 257 g/mol. The van der Waals surface area contributed by atoms with Gasteiger partial charge in [0.2, 0.25) is 0 Å². The lowest BCUT2D eigenvalue weighted by Crippen LogP contribution is -2.21. The molecule has 0 bridgehead atoms. The molecule has 0 unspecified atom stereocenters. The SMILES string of the molecule is CN(C)CCCNCc1ccc(OC(F)(F)F)cc1. The summed E-state index contributed by atoms with van der Waals surface area (Å²) in [6.07, 6.45) is -3.60. The van der Waals surface area contributed by atoms with Crippen molar-refractivity contribution in [3.63, 3.8) is 0 Å². The van der Waals surface area contributed by atoms with Gasteiger partial charge < -0.3 is 15.0 Å². The van der Waals surface area contributed by atoms with Gasteiger partial charge in [0.1, 0.15) is 5.75 Å². The van der Waals surface area contributed by atoms with Crippen LogP contribution in [0.15, 0.2) is 24.3 Å². The molecule has 19 heavy (non-hydrogen) atoms. The first kappa shape index (κ1) is 15.8. The van der Waals surface area contributed by atoms with Gasteiger partial charge in [-0.05, 0) is 51.3 Å². The predicted molar refractivity (Wildman–Crippen MR) is 68.0 cm³/mol. The Morgan fingerprint density at radius 1 is 1.16 bits per heavy atom. The molecule has 0 radical (unpaired) electrons. The van der Waals surface area contributed by atoms with Crippen LogP contribution in [0.2, 0.25) is 0 Å². The molecule has 0 aromatic heterocycles. The summed E-state index contributed by atoms with van der Waals surface area (Å²) in [5.41, 5.74) is 0.930. The van der Waals surface area contributed by atoms with E-state index in [1.54, 1.807) is 12.1 Å². The van der Waals surface area contributed by atoms with Crippen LogP contribution in [0.4, 0.5) is 13.2 Å². The van der Waals surface area contributed by atoms with Crippen molar-refractivity contribution in [3.05, 3.63) is 29.8 Å². The number of nitrogens with zero attached hydrogens (tertiary/aromatic N) is 1. The Morgan fingerprint density at radius 3 is 2.32 bits per heavy atom. The second-order valence-electron chi connectivity index (χ2n) is 4.53. The van der Waals surface area contributed by atoms with Crippen LogP contribution in [0.25, 0.3) is 0 Å². The minimum Gasteiger partial charge on any atom is -0.406 e. The Labute approximate surface area is 111 Å². The van der Waals surface area contributed by atoms with Crippen molar-refractivity contribution in [1.29, 1.82) is 0 Å². The number of benzene rings is 1. The number of rotatable bonds is 7. The van der Waals surface area contributed by atoms with E-state index in [1.165, 1.54) is 12.1 Å². The molecule has 0 aliphatic heterocycles. The van der Waals surface area contributed by atoms with Gasteiger partial charge in [-0.25, -0.2) is 0 Å². The number of hydrogen-bond acceptors (Lipinski definition) is 3. The lowest BCUT2D eigenvalue weighted by atomic mass is 10.2. The molecule has 1 aromatic rings. The first-order chi connectivity index (χ1) is 8.87. The molecular formula is C13H19F3N2O. The van der Waals surface area contributed by atoms with Crippen molar-refractivity contribution >= 4 is 0 Å². The topological polar surface area (TPSA) is 24.5 Å². The average Bonchev–Trinajstić information content (AvgIpc) is 2.28. The van der Waals surface area contributed by atoms with Gasteiger partial charge in [-0.1, -0.05) is 12.1 Å². The Kier molecular flexibility index (Phi) is 6.11. The van der Waals surface area contributed by atoms with Crippen molar-refractivity contribution in [1.82, 2.24) is 10.2 Å². The Bertz CT molecular complexity index is 363. The van der Waals surface area contributed by atoms with E-state index in [1.807, 2.05) is 14.1 Å². The maximum absolute atomic E-state index is 12.0. The molecule has 1 aromatic carbocycles. The standard InChI is InChI=1S/C13H19F3N2O/c1-18(2)9-3-8-17-10-11-4-6-12(7-5-11)19-13(14,15)16/h4-7,17H,3,8-10H2,1-2H3.